The van der Waals surface area contributed by atoms with Crippen molar-refractivity contribution in [2.24, 2.45) is 4.99 Å². The predicted octanol–water partition coefficient (Wildman–Crippen LogP) is 2.67. The maximum atomic E-state index is 5.20. The molecule has 2 heterocycles. The van der Waals surface area contributed by atoms with Crippen molar-refractivity contribution in [1.82, 2.24) is 20.2 Å². The summed E-state index contributed by atoms with van der Waals surface area (Å²) in [7, 11) is 1.68. The molecule has 1 saturated carbocycles. The topological polar surface area (TPSA) is 65.2 Å². The summed E-state index contributed by atoms with van der Waals surface area (Å²) in [5.41, 5.74) is 1.16. The van der Waals surface area contributed by atoms with Crippen LogP contribution >= 0.6 is 23.5 Å². The first-order valence-corrected chi connectivity index (χ1v) is 9.46. The molecule has 2 aliphatic rings. The first-order chi connectivity index (χ1) is 11.3. The molecule has 1 aromatic heterocycles. The second kappa shape index (κ2) is 6.52. The molecule has 23 heavy (non-hydrogen) atoms. The van der Waals surface area contributed by atoms with E-state index >= 15 is 0 Å². The van der Waals surface area contributed by atoms with Crippen molar-refractivity contribution in [3.8, 4) is 5.75 Å². The highest BCUT2D eigenvalue weighted by molar-refractivity contribution is 8.16. The van der Waals surface area contributed by atoms with Gasteiger partial charge in [-0.05, 0) is 47.5 Å². The van der Waals surface area contributed by atoms with E-state index in [0.717, 1.165) is 33.8 Å². The van der Waals surface area contributed by atoms with Crippen LogP contribution in [0.5, 0.6) is 5.75 Å². The van der Waals surface area contributed by atoms with Crippen LogP contribution in [-0.2, 0) is 0 Å². The van der Waals surface area contributed by atoms with Crippen molar-refractivity contribution in [3.63, 3.8) is 0 Å². The van der Waals surface area contributed by atoms with Crippen molar-refractivity contribution in [3.05, 3.63) is 29.8 Å². The number of rotatable bonds is 6. The molecule has 0 spiro atoms. The Morgan fingerprint density at radius 2 is 2.13 bits per heavy atom. The molecule has 0 bridgehead atoms. The van der Waals surface area contributed by atoms with Gasteiger partial charge in [0.15, 0.2) is 0 Å². The highest BCUT2D eigenvalue weighted by atomic mass is 32.2. The molecule has 4 rings (SSSR count). The number of benzene rings is 1. The number of tetrazole rings is 1. The number of methoxy groups -OCH3 is 1. The Balaban J connectivity index is 1.33. The summed E-state index contributed by atoms with van der Waals surface area (Å²) >= 11 is 3.57. The number of ether oxygens (including phenoxy) is 1. The number of nitrogens with zero attached hydrogens (tertiary/aromatic N) is 5. The summed E-state index contributed by atoms with van der Waals surface area (Å²) < 4.78 is 7.17. The van der Waals surface area contributed by atoms with Crippen molar-refractivity contribution in [2.75, 3.05) is 19.4 Å². The zero-order chi connectivity index (χ0) is 15.6. The molecule has 1 aromatic carbocycles. The van der Waals surface area contributed by atoms with Gasteiger partial charge in [-0.15, -0.1) is 16.9 Å². The standard InChI is InChI=1S/C15H17N5OS2/c1-21-12-6-2-10(3-7-12)14-16-8-13(23-14)9-22-15-17-18-19-20(15)11-4-5-11/h2-3,6-7,11,13H,4-5,8-9H2,1H3/t13-/m1/s1. The molecule has 1 aliphatic carbocycles. The van der Waals surface area contributed by atoms with Crippen LogP contribution in [0.15, 0.2) is 34.4 Å². The maximum Gasteiger partial charge on any atom is 0.209 e. The third-order valence-electron chi connectivity index (χ3n) is 3.81. The second-order valence-corrected chi connectivity index (χ2v) is 7.84. The van der Waals surface area contributed by atoms with Crippen molar-refractivity contribution < 1.29 is 4.74 Å². The van der Waals surface area contributed by atoms with Crippen LogP contribution in [0.4, 0.5) is 0 Å². The molecule has 6 nitrogen and oxygen atoms in total. The minimum atomic E-state index is 0.474. The molecule has 1 atom stereocenters. The Hall–Kier alpha value is -1.54. The fourth-order valence-corrected chi connectivity index (χ4v) is 4.61. The van der Waals surface area contributed by atoms with E-state index in [-0.39, 0.29) is 0 Å². The Bertz CT molecular complexity index is 711. The van der Waals surface area contributed by atoms with E-state index in [9.17, 15) is 0 Å². The van der Waals surface area contributed by atoms with Gasteiger partial charge < -0.3 is 4.74 Å². The fourth-order valence-electron chi connectivity index (χ4n) is 2.39. The SMILES string of the molecule is COc1ccc(C2=NC[C@H](CSc3nnnn3C3CC3)S2)cc1. The van der Waals surface area contributed by atoms with E-state index in [2.05, 4.69) is 32.7 Å². The van der Waals surface area contributed by atoms with E-state index in [4.69, 9.17) is 4.74 Å². The van der Waals surface area contributed by atoms with Gasteiger partial charge in [0, 0.05) is 16.6 Å². The van der Waals surface area contributed by atoms with Crippen molar-refractivity contribution in [2.45, 2.75) is 29.3 Å². The minimum Gasteiger partial charge on any atom is -0.497 e. The molecule has 1 aliphatic heterocycles. The number of thioether (sulfide) groups is 2. The molecule has 1 fully saturated rings. The monoisotopic (exact) mass is 347 g/mol. The minimum absolute atomic E-state index is 0.474. The molecule has 0 N–H and O–H groups in total. The van der Waals surface area contributed by atoms with Crippen LogP contribution in [0.2, 0.25) is 0 Å². The largest absolute Gasteiger partial charge is 0.497 e. The van der Waals surface area contributed by atoms with Crippen molar-refractivity contribution in [1.29, 1.82) is 0 Å². The van der Waals surface area contributed by atoms with Gasteiger partial charge in [0.05, 0.1) is 24.7 Å². The average molecular weight is 347 g/mol. The molecule has 0 amide bonds. The summed E-state index contributed by atoms with van der Waals surface area (Å²) in [5, 5.41) is 14.6. The van der Waals surface area contributed by atoms with Crippen LogP contribution in [0.3, 0.4) is 0 Å². The lowest BCUT2D eigenvalue weighted by Crippen LogP contribution is -2.08. The number of hydrogen-bond acceptors (Lipinski definition) is 7. The van der Waals surface area contributed by atoms with E-state index < -0.39 is 0 Å². The number of aliphatic imine (C=N–C) groups is 1. The van der Waals surface area contributed by atoms with Crippen LogP contribution in [0.25, 0.3) is 0 Å². The van der Waals surface area contributed by atoms with Crippen LogP contribution in [0.1, 0.15) is 24.4 Å². The lowest BCUT2D eigenvalue weighted by molar-refractivity contribution is 0.415. The molecule has 2 aromatic rings. The smallest absolute Gasteiger partial charge is 0.209 e. The van der Waals surface area contributed by atoms with Crippen LogP contribution in [-0.4, -0.2) is 49.9 Å². The average Bonchev–Trinajstić information content (AvgIpc) is 3.14. The highest BCUT2D eigenvalue weighted by Gasteiger charge is 2.29. The van der Waals surface area contributed by atoms with Gasteiger partial charge in [-0.3, -0.25) is 4.99 Å². The van der Waals surface area contributed by atoms with Gasteiger partial charge in [-0.1, -0.05) is 11.8 Å². The van der Waals surface area contributed by atoms with Gasteiger partial charge >= 0.3 is 0 Å². The van der Waals surface area contributed by atoms with Gasteiger partial charge in [-0.25, -0.2) is 4.68 Å². The molecule has 120 valence electrons. The van der Waals surface area contributed by atoms with Gasteiger partial charge in [0.1, 0.15) is 5.75 Å². The summed E-state index contributed by atoms with van der Waals surface area (Å²) in [6.07, 6.45) is 2.39. The Kier molecular flexibility index (Phi) is 4.26. The summed E-state index contributed by atoms with van der Waals surface area (Å²) in [6.45, 7) is 0.851. The highest BCUT2D eigenvalue weighted by Crippen LogP contribution is 2.37. The van der Waals surface area contributed by atoms with Gasteiger partial charge in [0.25, 0.3) is 0 Å². The van der Waals surface area contributed by atoms with E-state index in [0.29, 0.717) is 11.3 Å². The molecule has 0 unspecified atom stereocenters. The van der Waals surface area contributed by atoms with E-state index in [1.165, 1.54) is 12.8 Å². The Morgan fingerprint density at radius 1 is 1.30 bits per heavy atom. The quantitative estimate of drug-likeness (QED) is 0.749. The molecule has 0 saturated heterocycles. The third kappa shape index (κ3) is 3.37. The first kappa shape index (κ1) is 15.0. The molecular weight excluding hydrogens is 330 g/mol. The van der Waals surface area contributed by atoms with Crippen LogP contribution in [0, 0.1) is 0 Å². The summed E-state index contributed by atoms with van der Waals surface area (Å²) in [5.74, 6) is 1.84. The normalized spacial score (nSPS) is 20.6. The predicted molar refractivity (Wildman–Crippen MR) is 92.6 cm³/mol. The second-order valence-electron chi connectivity index (χ2n) is 5.56. The molecule has 8 heteroatoms. The van der Waals surface area contributed by atoms with Crippen molar-refractivity contribution >= 4 is 28.6 Å². The first-order valence-electron chi connectivity index (χ1n) is 7.59. The Labute approximate surface area is 143 Å². The summed E-state index contributed by atoms with van der Waals surface area (Å²) in [6, 6.07) is 8.60. The van der Waals surface area contributed by atoms with Crippen LogP contribution < -0.4 is 4.74 Å². The Morgan fingerprint density at radius 3 is 2.87 bits per heavy atom. The van der Waals surface area contributed by atoms with Gasteiger partial charge in [-0.2, -0.15) is 0 Å². The number of hydrogen-bond donors (Lipinski definition) is 0. The van der Waals surface area contributed by atoms with Gasteiger partial charge in [0.2, 0.25) is 5.16 Å². The number of aromatic nitrogens is 4. The fraction of sp³-hybridized carbons (Fsp3) is 0.467. The zero-order valence-electron chi connectivity index (χ0n) is 12.8. The lowest BCUT2D eigenvalue weighted by Gasteiger charge is -2.08. The maximum absolute atomic E-state index is 5.20. The lowest BCUT2D eigenvalue weighted by atomic mass is 10.2. The zero-order valence-corrected chi connectivity index (χ0v) is 14.4. The summed E-state index contributed by atoms with van der Waals surface area (Å²) in [4.78, 5) is 4.68. The van der Waals surface area contributed by atoms with E-state index in [1.54, 1.807) is 18.9 Å². The third-order valence-corrected chi connectivity index (χ3v) is 6.35. The van der Waals surface area contributed by atoms with E-state index in [1.807, 2.05) is 28.6 Å². The molecule has 0 radical (unpaired) electrons. The molecular formula is C15H17N5OS2.